The van der Waals surface area contributed by atoms with Crippen molar-refractivity contribution in [2.24, 2.45) is 5.92 Å². The molecule has 0 aromatic heterocycles. The van der Waals surface area contributed by atoms with Gasteiger partial charge >= 0.3 is 0 Å². The fourth-order valence-corrected chi connectivity index (χ4v) is 5.15. The summed E-state index contributed by atoms with van der Waals surface area (Å²) >= 11 is 0. The highest BCUT2D eigenvalue weighted by atomic mass is 32.2. The van der Waals surface area contributed by atoms with Crippen LogP contribution in [-0.4, -0.2) is 49.7 Å². The van der Waals surface area contributed by atoms with Gasteiger partial charge in [-0.2, -0.15) is 4.31 Å². The van der Waals surface area contributed by atoms with Crippen molar-refractivity contribution >= 4 is 15.9 Å². The third-order valence-electron chi connectivity index (χ3n) is 4.98. The van der Waals surface area contributed by atoms with Gasteiger partial charge in [-0.05, 0) is 37.5 Å². The van der Waals surface area contributed by atoms with Gasteiger partial charge in [0.1, 0.15) is 16.5 Å². The van der Waals surface area contributed by atoms with Crippen molar-refractivity contribution in [3.63, 3.8) is 0 Å². The van der Waals surface area contributed by atoms with Gasteiger partial charge in [0.15, 0.2) is 0 Å². The molecule has 8 heteroatoms. The maximum Gasteiger partial charge on any atom is 0.246 e. The van der Waals surface area contributed by atoms with E-state index in [0.29, 0.717) is 19.0 Å². The van der Waals surface area contributed by atoms with Crippen molar-refractivity contribution < 1.29 is 22.0 Å². The molecule has 1 saturated carbocycles. The predicted octanol–water partition coefficient (Wildman–Crippen LogP) is 2.38. The van der Waals surface area contributed by atoms with E-state index in [-0.39, 0.29) is 31.5 Å². The number of nitrogens with zero attached hydrogens (tertiary/aromatic N) is 2. The van der Waals surface area contributed by atoms with E-state index in [1.165, 1.54) is 0 Å². The van der Waals surface area contributed by atoms with Crippen LogP contribution in [0.25, 0.3) is 0 Å². The van der Waals surface area contributed by atoms with Crippen LogP contribution < -0.4 is 0 Å². The van der Waals surface area contributed by atoms with Gasteiger partial charge in [0.25, 0.3) is 0 Å². The molecule has 1 aromatic rings. The Labute approximate surface area is 146 Å². The summed E-state index contributed by atoms with van der Waals surface area (Å²) in [5, 5.41) is 0. The molecule has 0 radical (unpaired) electrons. The summed E-state index contributed by atoms with van der Waals surface area (Å²) in [5.41, 5.74) is 0. The Morgan fingerprint density at radius 2 is 1.72 bits per heavy atom. The SMILES string of the molecule is O=C(C1CCCC1)N1CCCN(S(=O)(=O)c2cc(F)ccc2F)CC1. The van der Waals surface area contributed by atoms with E-state index in [9.17, 15) is 22.0 Å². The lowest BCUT2D eigenvalue weighted by atomic mass is 10.1. The first kappa shape index (κ1) is 18.3. The number of carbonyl (C=O) groups is 1. The zero-order chi connectivity index (χ0) is 18.0. The molecule has 0 N–H and O–H groups in total. The molecule has 2 fully saturated rings. The smallest absolute Gasteiger partial charge is 0.246 e. The number of amides is 1. The van der Waals surface area contributed by atoms with E-state index in [1.54, 1.807) is 4.90 Å². The minimum absolute atomic E-state index is 0.0452. The Kier molecular flexibility index (Phi) is 5.38. The first-order valence-electron chi connectivity index (χ1n) is 8.63. The molecular weight excluding hydrogens is 350 g/mol. The fraction of sp³-hybridized carbons (Fsp3) is 0.588. The number of halogens is 2. The van der Waals surface area contributed by atoms with Crippen molar-refractivity contribution in [1.82, 2.24) is 9.21 Å². The number of sulfonamides is 1. The monoisotopic (exact) mass is 372 g/mol. The van der Waals surface area contributed by atoms with Crippen LogP contribution in [0.5, 0.6) is 0 Å². The predicted molar refractivity (Wildman–Crippen MR) is 88.3 cm³/mol. The second-order valence-corrected chi connectivity index (χ2v) is 8.55. The van der Waals surface area contributed by atoms with E-state index >= 15 is 0 Å². The Bertz CT molecular complexity index is 748. The van der Waals surface area contributed by atoms with Crippen LogP contribution in [0.2, 0.25) is 0 Å². The molecule has 1 aliphatic heterocycles. The quantitative estimate of drug-likeness (QED) is 0.819. The van der Waals surface area contributed by atoms with Crippen LogP contribution in [-0.2, 0) is 14.8 Å². The summed E-state index contributed by atoms with van der Waals surface area (Å²) < 4.78 is 53.7. The molecular formula is C17H22F2N2O3S. The second kappa shape index (κ2) is 7.37. The molecule has 1 amide bonds. The van der Waals surface area contributed by atoms with Gasteiger partial charge in [-0.25, -0.2) is 17.2 Å². The molecule has 5 nitrogen and oxygen atoms in total. The van der Waals surface area contributed by atoms with E-state index in [4.69, 9.17) is 0 Å². The third-order valence-corrected chi connectivity index (χ3v) is 6.90. The molecule has 0 unspecified atom stereocenters. The minimum Gasteiger partial charge on any atom is -0.341 e. The van der Waals surface area contributed by atoms with Crippen molar-refractivity contribution in [1.29, 1.82) is 0 Å². The number of hydrogen-bond acceptors (Lipinski definition) is 3. The highest BCUT2D eigenvalue weighted by Gasteiger charge is 2.33. The van der Waals surface area contributed by atoms with Gasteiger partial charge in [-0.1, -0.05) is 12.8 Å². The number of benzene rings is 1. The first-order valence-corrected chi connectivity index (χ1v) is 10.1. The van der Waals surface area contributed by atoms with Crippen molar-refractivity contribution in [2.45, 2.75) is 37.0 Å². The molecule has 0 atom stereocenters. The lowest BCUT2D eigenvalue weighted by molar-refractivity contribution is -0.135. The van der Waals surface area contributed by atoms with E-state index < -0.39 is 26.6 Å². The molecule has 3 rings (SSSR count). The normalized spacial score (nSPS) is 20.6. The number of carbonyl (C=O) groups excluding carboxylic acids is 1. The van der Waals surface area contributed by atoms with Crippen molar-refractivity contribution in [3.05, 3.63) is 29.8 Å². The molecule has 0 spiro atoms. The molecule has 2 aliphatic rings. The Hall–Kier alpha value is -1.54. The summed E-state index contributed by atoms with van der Waals surface area (Å²) in [7, 11) is -4.13. The summed E-state index contributed by atoms with van der Waals surface area (Å²) in [6.45, 7) is 1.06. The standard InChI is InChI=1S/C17H22F2N2O3S/c18-14-6-7-15(19)16(12-14)25(23,24)21-9-3-8-20(10-11-21)17(22)13-4-1-2-5-13/h6-7,12-13H,1-5,8-11H2. The van der Waals surface area contributed by atoms with Gasteiger partial charge in [0, 0.05) is 32.1 Å². The van der Waals surface area contributed by atoms with Crippen LogP contribution in [0.15, 0.2) is 23.1 Å². The van der Waals surface area contributed by atoms with Crippen LogP contribution in [0.3, 0.4) is 0 Å². The van der Waals surface area contributed by atoms with Gasteiger partial charge in [-0.15, -0.1) is 0 Å². The summed E-state index contributed by atoms with van der Waals surface area (Å²) in [4.78, 5) is 13.6. The second-order valence-electron chi connectivity index (χ2n) is 6.64. The highest BCUT2D eigenvalue weighted by molar-refractivity contribution is 7.89. The average molecular weight is 372 g/mol. The molecule has 1 aliphatic carbocycles. The zero-order valence-electron chi connectivity index (χ0n) is 14.0. The van der Waals surface area contributed by atoms with Crippen LogP contribution in [0.4, 0.5) is 8.78 Å². The van der Waals surface area contributed by atoms with Crippen LogP contribution in [0, 0.1) is 17.6 Å². The van der Waals surface area contributed by atoms with Crippen LogP contribution >= 0.6 is 0 Å². The summed E-state index contributed by atoms with van der Waals surface area (Å²) in [6.07, 6.45) is 4.39. The Morgan fingerprint density at radius 1 is 1.00 bits per heavy atom. The van der Waals surface area contributed by atoms with E-state index in [0.717, 1.165) is 42.1 Å². The van der Waals surface area contributed by atoms with Crippen molar-refractivity contribution in [3.8, 4) is 0 Å². The molecule has 1 saturated heterocycles. The first-order chi connectivity index (χ1) is 11.9. The molecule has 25 heavy (non-hydrogen) atoms. The number of rotatable bonds is 3. The van der Waals surface area contributed by atoms with Gasteiger partial charge < -0.3 is 4.90 Å². The van der Waals surface area contributed by atoms with Gasteiger partial charge in [-0.3, -0.25) is 4.79 Å². The Morgan fingerprint density at radius 3 is 2.44 bits per heavy atom. The highest BCUT2D eigenvalue weighted by Crippen LogP contribution is 2.27. The number of hydrogen-bond donors (Lipinski definition) is 0. The molecule has 0 bridgehead atoms. The molecule has 138 valence electrons. The largest absolute Gasteiger partial charge is 0.341 e. The summed E-state index contributed by atoms with van der Waals surface area (Å²) in [6, 6.07) is 2.41. The van der Waals surface area contributed by atoms with Gasteiger partial charge in [0.05, 0.1) is 0 Å². The Balaban J connectivity index is 1.73. The molecule has 1 aromatic carbocycles. The zero-order valence-corrected chi connectivity index (χ0v) is 14.8. The van der Waals surface area contributed by atoms with Gasteiger partial charge in [0.2, 0.25) is 15.9 Å². The third kappa shape index (κ3) is 3.84. The van der Waals surface area contributed by atoms with E-state index in [2.05, 4.69) is 0 Å². The lowest BCUT2D eigenvalue weighted by Gasteiger charge is -2.24. The maximum absolute atomic E-state index is 13.9. The maximum atomic E-state index is 13.9. The van der Waals surface area contributed by atoms with Crippen LogP contribution in [0.1, 0.15) is 32.1 Å². The lowest BCUT2D eigenvalue weighted by Crippen LogP contribution is -2.39. The molecule has 1 heterocycles. The topological polar surface area (TPSA) is 57.7 Å². The summed E-state index contributed by atoms with van der Waals surface area (Å²) in [5.74, 6) is -1.63. The fourth-order valence-electron chi connectivity index (χ4n) is 3.60. The van der Waals surface area contributed by atoms with Crippen molar-refractivity contribution in [2.75, 3.05) is 26.2 Å². The minimum atomic E-state index is -4.13. The average Bonchev–Trinajstić information content (AvgIpc) is 3.00. The van der Waals surface area contributed by atoms with E-state index in [1.807, 2.05) is 0 Å².